The van der Waals surface area contributed by atoms with Crippen LogP contribution >= 0.6 is 0 Å². The number of rotatable bonds is 5. The first-order valence-corrected chi connectivity index (χ1v) is 11.2. The van der Waals surface area contributed by atoms with Crippen LogP contribution in [0.4, 0.5) is 13.2 Å². The zero-order valence-electron chi connectivity index (χ0n) is 17.2. The number of nitrogens with zero attached hydrogens (tertiary/aromatic N) is 1. The Morgan fingerprint density at radius 1 is 0.938 bits per heavy atom. The largest absolute Gasteiger partial charge is 0.418 e. The minimum absolute atomic E-state index is 0.0595. The summed E-state index contributed by atoms with van der Waals surface area (Å²) in [7, 11) is 0. The van der Waals surface area contributed by atoms with Gasteiger partial charge in [-0.3, -0.25) is 4.98 Å². The van der Waals surface area contributed by atoms with Crippen LogP contribution in [0.25, 0.3) is 22.0 Å². The van der Waals surface area contributed by atoms with Crippen molar-refractivity contribution in [1.29, 1.82) is 0 Å². The molecule has 0 radical (unpaired) electrons. The lowest BCUT2D eigenvalue weighted by molar-refractivity contribution is -0.136. The van der Waals surface area contributed by atoms with Gasteiger partial charge in [0, 0.05) is 11.6 Å². The second-order valence-electron chi connectivity index (χ2n) is 7.68. The molecule has 4 aromatic rings. The Morgan fingerprint density at radius 3 is 2.31 bits per heavy atom. The molecule has 0 aliphatic rings. The Balaban J connectivity index is 1.76. The van der Waals surface area contributed by atoms with Crippen LogP contribution in [-0.4, -0.2) is 13.7 Å². The van der Waals surface area contributed by atoms with Gasteiger partial charge in [-0.25, -0.2) is 4.21 Å². The number of hydrogen-bond donors (Lipinski definition) is 1. The number of benzene rings is 3. The number of aryl methyl sites for hydroxylation is 1. The van der Waals surface area contributed by atoms with E-state index in [1.165, 1.54) is 12.3 Å². The number of hydrogen-bond acceptors (Lipinski definition) is 2. The third kappa shape index (κ3) is 4.74. The van der Waals surface area contributed by atoms with Gasteiger partial charge in [-0.15, -0.1) is 0 Å². The van der Waals surface area contributed by atoms with Crippen molar-refractivity contribution in [2.45, 2.75) is 25.3 Å². The lowest BCUT2D eigenvalue weighted by Crippen LogP contribution is -2.07. The quantitative estimate of drug-likeness (QED) is 0.348. The molecule has 1 N–H and O–H groups in total. The van der Waals surface area contributed by atoms with Gasteiger partial charge in [-0.1, -0.05) is 60.7 Å². The number of fused-ring (bicyclic) bond motifs is 1. The van der Waals surface area contributed by atoms with E-state index >= 15 is 0 Å². The van der Waals surface area contributed by atoms with Crippen molar-refractivity contribution in [3.8, 4) is 11.1 Å². The third-order valence-corrected chi connectivity index (χ3v) is 5.88. The van der Waals surface area contributed by atoms with Crippen LogP contribution in [0.1, 0.15) is 27.8 Å². The summed E-state index contributed by atoms with van der Waals surface area (Å²) in [5.74, 6) is 0.0671. The van der Waals surface area contributed by atoms with Crippen molar-refractivity contribution < 1.29 is 21.9 Å². The van der Waals surface area contributed by atoms with Crippen molar-refractivity contribution in [2.75, 3.05) is 0 Å². The van der Waals surface area contributed by atoms with Crippen LogP contribution in [0.2, 0.25) is 0 Å². The van der Waals surface area contributed by atoms with Gasteiger partial charge < -0.3 is 4.55 Å². The summed E-state index contributed by atoms with van der Waals surface area (Å²) >= 11 is -1.91. The van der Waals surface area contributed by atoms with Gasteiger partial charge in [-0.05, 0) is 52.8 Å². The van der Waals surface area contributed by atoms with Crippen molar-refractivity contribution in [3.63, 3.8) is 0 Å². The Kier molecular flexibility index (Phi) is 6.13. The molecule has 0 aliphatic carbocycles. The number of alkyl halides is 3. The van der Waals surface area contributed by atoms with Crippen molar-refractivity contribution in [3.05, 3.63) is 101 Å². The first-order valence-electron chi connectivity index (χ1n) is 9.92. The van der Waals surface area contributed by atoms with Gasteiger partial charge in [0.2, 0.25) is 0 Å². The van der Waals surface area contributed by atoms with Gasteiger partial charge >= 0.3 is 6.18 Å². The van der Waals surface area contributed by atoms with Crippen LogP contribution in [0.15, 0.2) is 72.9 Å². The van der Waals surface area contributed by atoms with Crippen molar-refractivity contribution in [1.82, 2.24) is 4.98 Å². The molecule has 7 heteroatoms. The zero-order valence-corrected chi connectivity index (χ0v) is 18.0. The fourth-order valence-corrected chi connectivity index (χ4v) is 4.44. The average Bonchev–Trinajstić information content (AvgIpc) is 2.72. The molecule has 164 valence electrons. The molecule has 32 heavy (non-hydrogen) atoms. The SMILES string of the molecule is Cc1cnc2c(C(F)(F)F)cccc2c1-c1cccc(Cc2cccc(CS(=O)O)c2)c1. The van der Waals surface area contributed by atoms with Gasteiger partial charge in [0.05, 0.1) is 16.8 Å². The smallest absolute Gasteiger partial charge is 0.306 e. The highest BCUT2D eigenvalue weighted by atomic mass is 32.2. The van der Waals surface area contributed by atoms with Crippen LogP contribution in [-0.2, 0) is 29.4 Å². The van der Waals surface area contributed by atoms with Crippen LogP contribution in [0.5, 0.6) is 0 Å². The second kappa shape index (κ2) is 8.84. The lowest BCUT2D eigenvalue weighted by Gasteiger charge is -2.15. The summed E-state index contributed by atoms with van der Waals surface area (Å²) in [6.45, 7) is 1.84. The molecule has 0 spiro atoms. The maximum atomic E-state index is 13.5. The monoisotopic (exact) mass is 455 g/mol. The summed E-state index contributed by atoms with van der Waals surface area (Å²) in [6, 6.07) is 19.3. The maximum absolute atomic E-state index is 13.5. The third-order valence-electron chi connectivity index (χ3n) is 5.30. The Morgan fingerprint density at radius 2 is 1.59 bits per heavy atom. The van der Waals surface area contributed by atoms with Crippen molar-refractivity contribution in [2.24, 2.45) is 0 Å². The van der Waals surface area contributed by atoms with Gasteiger partial charge in [0.1, 0.15) is 0 Å². The molecule has 0 fully saturated rings. The molecule has 0 saturated heterocycles. The molecular formula is C25H20F3NO2S. The van der Waals surface area contributed by atoms with Crippen LogP contribution < -0.4 is 0 Å². The van der Waals surface area contributed by atoms with E-state index in [9.17, 15) is 17.4 Å². The first kappa shape index (κ1) is 22.2. The van der Waals surface area contributed by atoms with Gasteiger partial charge in [0.25, 0.3) is 0 Å². The molecule has 1 unspecified atom stereocenters. The highest BCUT2D eigenvalue weighted by Crippen LogP contribution is 2.38. The molecule has 1 aromatic heterocycles. The zero-order chi connectivity index (χ0) is 22.9. The highest BCUT2D eigenvalue weighted by Gasteiger charge is 2.33. The average molecular weight is 456 g/mol. The summed E-state index contributed by atoms with van der Waals surface area (Å²) in [5.41, 5.74) is 4.28. The van der Waals surface area contributed by atoms with E-state index in [4.69, 9.17) is 4.55 Å². The Labute approximate surface area is 186 Å². The van der Waals surface area contributed by atoms with Gasteiger partial charge in [-0.2, -0.15) is 13.2 Å². The molecule has 0 aliphatic heterocycles. The predicted molar refractivity (Wildman–Crippen MR) is 121 cm³/mol. The molecular weight excluding hydrogens is 435 g/mol. The summed E-state index contributed by atoms with van der Waals surface area (Å²) in [4.78, 5) is 4.09. The molecule has 4 rings (SSSR count). The summed E-state index contributed by atoms with van der Waals surface area (Å²) < 4.78 is 60.7. The van der Waals surface area contributed by atoms with Gasteiger partial charge in [0.15, 0.2) is 11.1 Å². The summed E-state index contributed by atoms with van der Waals surface area (Å²) in [5, 5.41) is 0.462. The molecule has 3 nitrogen and oxygen atoms in total. The molecule has 0 bridgehead atoms. The lowest BCUT2D eigenvalue weighted by atomic mass is 9.93. The van der Waals surface area contributed by atoms with Crippen LogP contribution in [0, 0.1) is 6.92 Å². The maximum Gasteiger partial charge on any atom is 0.418 e. The fourth-order valence-electron chi connectivity index (χ4n) is 3.98. The number of pyridine rings is 1. The van der Waals surface area contributed by atoms with E-state index < -0.39 is 22.8 Å². The minimum atomic E-state index is -4.48. The number of aromatic nitrogens is 1. The normalized spacial score (nSPS) is 12.8. The van der Waals surface area contributed by atoms with E-state index in [0.29, 0.717) is 11.8 Å². The standard InChI is InChI=1S/C25H20F3NO2S/c1-16-14-29-24-21(9-4-10-22(24)25(26,27)28)23(16)20-8-3-6-18(13-20)11-17-5-2-7-19(12-17)15-32(30)31/h2-10,12-14H,11,15H2,1H3,(H,30,31). The Hall–Kier alpha value is -3.03. The molecule has 1 atom stereocenters. The fraction of sp³-hybridized carbons (Fsp3) is 0.160. The minimum Gasteiger partial charge on any atom is -0.306 e. The number of para-hydroxylation sites is 1. The van der Waals surface area contributed by atoms with Crippen LogP contribution in [0.3, 0.4) is 0 Å². The van der Waals surface area contributed by atoms with Crippen molar-refractivity contribution >= 4 is 22.0 Å². The number of halogens is 3. The first-order chi connectivity index (χ1) is 15.2. The molecule has 1 heterocycles. The molecule has 3 aromatic carbocycles. The van der Waals surface area contributed by atoms with E-state index in [0.717, 1.165) is 39.4 Å². The molecule has 0 saturated carbocycles. The molecule has 0 amide bonds. The predicted octanol–water partition coefficient (Wildman–Crippen LogP) is 6.54. The van der Waals surface area contributed by atoms with E-state index in [-0.39, 0.29) is 11.3 Å². The second-order valence-corrected chi connectivity index (χ2v) is 8.61. The topological polar surface area (TPSA) is 50.2 Å². The van der Waals surface area contributed by atoms with E-state index in [2.05, 4.69) is 4.98 Å². The Bertz CT molecular complexity index is 1320. The van der Waals surface area contributed by atoms with E-state index in [1.807, 2.05) is 49.4 Å². The summed E-state index contributed by atoms with van der Waals surface area (Å²) in [6.07, 6.45) is -2.40. The van der Waals surface area contributed by atoms with E-state index in [1.54, 1.807) is 12.1 Å². The highest BCUT2D eigenvalue weighted by molar-refractivity contribution is 7.78.